The molecule has 1 heterocycles. The zero-order valence-corrected chi connectivity index (χ0v) is 17.3. The summed E-state index contributed by atoms with van der Waals surface area (Å²) in [7, 11) is 6.04. The second-order valence-electron chi connectivity index (χ2n) is 5.80. The first kappa shape index (κ1) is 20.3. The Kier molecular flexibility index (Phi) is 6.08. The second-order valence-corrected chi connectivity index (χ2v) is 6.80. The fraction of sp³-hybridized carbons (Fsp3) is 0.200. The van der Waals surface area contributed by atoms with Gasteiger partial charge in [0.25, 0.3) is 0 Å². The summed E-state index contributed by atoms with van der Waals surface area (Å²) in [5.41, 5.74) is 7.09. The van der Waals surface area contributed by atoms with Crippen LogP contribution in [-0.2, 0) is 0 Å². The van der Waals surface area contributed by atoms with Crippen LogP contribution < -0.4 is 30.0 Å². The first-order valence-electron chi connectivity index (χ1n) is 8.53. The number of benzene rings is 2. The number of rotatable bonds is 8. The highest BCUT2D eigenvalue weighted by Gasteiger charge is 2.25. The molecule has 0 unspecified atom stereocenters. The highest BCUT2D eigenvalue weighted by Crippen LogP contribution is 2.41. The minimum absolute atomic E-state index is 0.127. The molecule has 29 heavy (non-hydrogen) atoms. The molecule has 0 aliphatic rings. The molecule has 2 aromatic carbocycles. The quantitative estimate of drug-likeness (QED) is 0.536. The van der Waals surface area contributed by atoms with Crippen LogP contribution in [0.2, 0.25) is 0 Å². The van der Waals surface area contributed by atoms with E-state index in [-0.39, 0.29) is 17.4 Å². The molecule has 0 amide bonds. The van der Waals surface area contributed by atoms with Crippen molar-refractivity contribution in [1.82, 2.24) is 4.98 Å². The summed E-state index contributed by atoms with van der Waals surface area (Å²) in [4.78, 5) is 17.7. The molecule has 9 heteroatoms. The largest absolute Gasteiger partial charge is 0.497 e. The molecule has 0 bridgehead atoms. The van der Waals surface area contributed by atoms with Crippen LogP contribution in [0.25, 0.3) is 0 Å². The van der Waals surface area contributed by atoms with E-state index in [1.165, 1.54) is 21.3 Å². The third-order valence-corrected chi connectivity index (χ3v) is 5.11. The number of methoxy groups -OCH3 is 4. The van der Waals surface area contributed by atoms with Crippen molar-refractivity contribution in [3.63, 3.8) is 0 Å². The van der Waals surface area contributed by atoms with Gasteiger partial charge in [0.1, 0.15) is 16.4 Å². The number of nitrogen functional groups attached to an aromatic ring is 1. The van der Waals surface area contributed by atoms with Gasteiger partial charge in [-0.25, -0.2) is 4.98 Å². The second kappa shape index (κ2) is 8.70. The average molecular weight is 415 g/mol. The maximum atomic E-state index is 13.1. The minimum atomic E-state index is -0.323. The molecule has 0 atom stereocenters. The molecule has 3 aromatic rings. The lowest BCUT2D eigenvalue weighted by molar-refractivity contribution is 0.103. The van der Waals surface area contributed by atoms with E-state index >= 15 is 0 Å². The Morgan fingerprint density at radius 2 is 1.76 bits per heavy atom. The number of hydrogen-bond donors (Lipinski definition) is 2. The van der Waals surface area contributed by atoms with Gasteiger partial charge in [-0.05, 0) is 24.3 Å². The molecular weight excluding hydrogens is 394 g/mol. The first-order chi connectivity index (χ1) is 14.0. The number of hydrogen-bond acceptors (Lipinski definition) is 9. The summed E-state index contributed by atoms with van der Waals surface area (Å²) in [6.45, 7) is 0. The van der Waals surface area contributed by atoms with Gasteiger partial charge < -0.3 is 30.0 Å². The number of carbonyl (C=O) groups excluding carboxylic acids is 1. The third-order valence-electron chi connectivity index (χ3n) is 4.13. The van der Waals surface area contributed by atoms with Crippen molar-refractivity contribution in [3.8, 4) is 23.0 Å². The van der Waals surface area contributed by atoms with Crippen LogP contribution in [0, 0.1) is 0 Å². The van der Waals surface area contributed by atoms with Crippen molar-refractivity contribution in [3.05, 3.63) is 46.8 Å². The SMILES string of the molecule is COc1cccc(Nc2nc(N)c(C(=O)c3ccc(OC)c(OC)c3OC)s2)c1. The van der Waals surface area contributed by atoms with Gasteiger partial charge in [0.2, 0.25) is 11.5 Å². The van der Waals surface area contributed by atoms with Crippen LogP contribution >= 0.6 is 11.3 Å². The minimum Gasteiger partial charge on any atom is -0.497 e. The van der Waals surface area contributed by atoms with Gasteiger partial charge in [-0.1, -0.05) is 17.4 Å². The number of carbonyl (C=O) groups is 1. The number of nitrogens with zero attached hydrogens (tertiary/aromatic N) is 1. The van der Waals surface area contributed by atoms with Crippen molar-refractivity contribution in [2.45, 2.75) is 0 Å². The molecule has 0 spiro atoms. The van der Waals surface area contributed by atoms with Gasteiger partial charge in [-0.2, -0.15) is 0 Å². The lowest BCUT2D eigenvalue weighted by atomic mass is 10.1. The Balaban J connectivity index is 1.94. The molecule has 0 saturated heterocycles. The van der Waals surface area contributed by atoms with E-state index < -0.39 is 0 Å². The molecule has 0 saturated carbocycles. The molecular formula is C20H21N3O5S. The fourth-order valence-corrected chi connectivity index (χ4v) is 3.63. The molecule has 8 nitrogen and oxygen atoms in total. The van der Waals surface area contributed by atoms with E-state index in [1.54, 1.807) is 19.2 Å². The molecule has 1 aromatic heterocycles. The molecule has 0 aliphatic carbocycles. The lowest BCUT2D eigenvalue weighted by Crippen LogP contribution is -2.06. The van der Waals surface area contributed by atoms with E-state index in [9.17, 15) is 4.79 Å². The van der Waals surface area contributed by atoms with Gasteiger partial charge in [0.05, 0.1) is 34.0 Å². The molecule has 0 radical (unpaired) electrons. The van der Waals surface area contributed by atoms with Gasteiger partial charge in [-0.3, -0.25) is 4.79 Å². The topological polar surface area (TPSA) is 105 Å². The fourth-order valence-electron chi connectivity index (χ4n) is 2.77. The zero-order chi connectivity index (χ0) is 21.0. The van der Waals surface area contributed by atoms with Crippen molar-refractivity contribution in [2.24, 2.45) is 0 Å². The van der Waals surface area contributed by atoms with Gasteiger partial charge >= 0.3 is 0 Å². The average Bonchev–Trinajstić information content (AvgIpc) is 3.11. The van der Waals surface area contributed by atoms with Crippen LogP contribution in [0.15, 0.2) is 36.4 Å². The van der Waals surface area contributed by atoms with E-state index in [1.807, 2.05) is 24.3 Å². The molecule has 3 rings (SSSR count). The van der Waals surface area contributed by atoms with Crippen molar-refractivity contribution < 1.29 is 23.7 Å². The summed E-state index contributed by atoms with van der Waals surface area (Å²) in [5.74, 6) is 1.56. The summed E-state index contributed by atoms with van der Waals surface area (Å²) in [5, 5.41) is 3.62. The number of ketones is 1. The monoisotopic (exact) mass is 415 g/mol. The maximum absolute atomic E-state index is 13.1. The summed E-state index contributed by atoms with van der Waals surface area (Å²) in [6, 6.07) is 10.6. The third kappa shape index (κ3) is 4.04. The predicted octanol–water partition coefficient (Wildman–Crippen LogP) is 3.73. The highest BCUT2D eigenvalue weighted by atomic mass is 32.1. The molecule has 3 N–H and O–H groups in total. The van der Waals surface area contributed by atoms with E-state index in [2.05, 4.69) is 10.3 Å². The van der Waals surface area contributed by atoms with E-state index in [0.717, 1.165) is 17.0 Å². The Bertz CT molecular complexity index is 1030. The van der Waals surface area contributed by atoms with Crippen molar-refractivity contribution in [2.75, 3.05) is 39.5 Å². The van der Waals surface area contributed by atoms with E-state index in [0.29, 0.717) is 32.8 Å². The van der Waals surface area contributed by atoms with Crippen LogP contribution in [0.1, 0.15) is 15.2 Å². The standard InChI is InChI=1S/C20H21N3O5S/c1-25-12-7-5-6-11(10-12)22-20-23-19(21)18(29-20)15(24)13-8-9-14(26-2)17(28-4)16(13)27-3/h5-10H,21H2,1-4H3,(H,22,23). The van der Waals surface area contributed by atoms with Gasteiger partial charge in [0.15, 0.2) is 16.6 Å². The predicted molar refractivity (Wildman–Crippen MR) is 112 cm³/mol. The molecule has 152 valence electrons. The van der Waals surface area contributed by atoms with E-state index in [4.69, 9.17) is 24.7 Å². The normalized spacial score (nSPS) is 10.3. The van der Waals surface area contributed by atoms with Crippen molar-refractivity contribution in [1.29, 1.82) is 0 Å². The zero-order valence-electron chi connectivity index (χ0n) is 16.4. The highest BCUT2D eigenvalue weighted by molar-refractivity contribution is 7.18. The Morgan fingerprint density at radius 1 is 1.00 bits per heavy atom. The number of ether oxygens (including phenoxy) is 4. The van der Waals surface area contributed by atoms with Crippen LogP contribution in [0.5, 0.6) is 23.0 Å². The number of anilines is 3. The Labute approximate surface area is 172 Å². The van der Waals surface area contributed by atoms with Gasteiger partial charge in [0, 0.05) is 11.8 Å². The maximum Gasteiger partial charge on any atom is 0.210 e. The Hall–Kier alpha value is -3.46. The van der Waals surface area contributed by atoms with Crippen LogP contribution in [0.3, 0.4) is 0 Å². The number of nitrogens with two attached hydrogens (primary N) is 1. The summed E-state index contributed by atoms with van der Waals surface area (Å²) < 4.78 is 21.2. The summed E-state index contributed by atoms with van der Waals surface area (Å²) in [6.07, 6.45) is 0. The summed E-state index contributed by atoms with van der Waals surface area (Å²) >= 11 is 1.15. The lowest BCUT2D eigenvalue weighted by Gasteiger charge is -2.14. The number of nitrogens with one attached hydrogen (secondary N) is 1. The molecule has 0 aliphatic heterocycles. The van der Waals surface area contributed by atoms with Crippen molar-refractivity contribution >= 4 is 33.8 Å². The smallest absolute Gasteiger partial charge is 0.210 e. The number of thiazole rings is 1. The number of aromatic nitrogens is 1. The van der Waals surface area contributed by atoms with Crippen LogP contribution in [0.4, 0.5) is 16.6 Å². The van der Waals surface area contributed by atoms with Gasteiger partial charge in [-0.15, -0.1) is 0 Å². The first-order valence-corrected chi connectivity index (χ1v) is 9.35. The molecule has 0 fully saturated rings. The Morgan fingerprint density at radius 3 is 2.41 bits per heavy atom. The van der Waals surface area contributed by atoms with Crippen LogP contribution in [-0.4, -0.2) is 39.2 Å².